The highest BCUT2D eigenvalue weighted by atomic mass is 16.5. The molecule has 0 bridgehead atoms. The van der Waals surface area contributed by atoms with E-state index >= 15 is 0 Å². The Morgan fingerprint density at radius 3 is 2.68 bits per heavy atom. The van der Waals surface area contributed by atoms with Crippen molar-refractivity contribution in [1.82, 2.24) is 9.88 Å². The van der Waals surface area contributed by atoms with Gasteiger partial charge in [-0.05, 0) is 23.8 Å². The smallest absolute Gasteiger partial charge is 0.332 e. The largest absolute Gasteiger partial charge is 0.497 e. The van der Waals surface area contributed by atoms with Gasteiger partial charge in [0.15, 0.2) is 0 Å². The second-order valence-corrected chi connectivity index (χ2v) is 6.97. The molecule has 2 aliphatic rings. The van der Waals surface area contributed by atoms with Crippen molar-refractivity contribution < 1.29 is 19.1 Å². The number of urea groups is 1. The van der Waals surface area contributed by atoms with E-state index in [0.29, 0.717) is 30.2 Å². The summed E-state index contributed by atoms with van der Waals surface area (Å²) >= 11 is 0. The maximum absolute atomic E-state index is 13.2. The molecule has 7 nitrogen and oxygen atoms in total. The van der Waals surface area contributed by atoms with Crippen LogP contribution in [0.2, 0.25) is 0 Å². The molecule has 2 aromatic carbocycles. The van der Waals surface area contributed by atoms with Crippen molar-refractivity contribution in [2.24, 2.45) is 0 Å². The van der Waals surface area contributed by atoms with Crippen molar-refractivity contribution in [2.75, 3.05) is 19.1 Å². The van der Waals surface area contributed by atoms with E-state index in [0.717, 1.165) is 22.2 Å². The van der Waals surface area contributed by atoms with Gasteiger partial charge < -0.3 is 19.4 Å². The summed E-state index contributed by atoms with van der Waals surface area (Å²) in [6.45, 7) is 0.383. The van der Waals surface area contributed by atoms with Crippen molar-refractivity contribution >= 4 is 28.5 Å². The predicted octanol–water partition coefficient (Wildman–Crippen LogP) is 3.08. The first kappa shape index (κ1) is 16.7. The summed E-state index contributed by atoms with van der Waals surface area (Å²) in [5, 5.41) is 1.11. The highest BCUT2D eigenvalue weighted by Gasteiger charge is 2.49. The number of H-pyrrole nitrogens is 1. The molecule has 1 fully saturated rings. The number of nitrogens with zero attached hydrogens (tertiary/aromatic N) is 2. The van der Waals surface area contributed by atoms with E-state index in [4.69, 9.17) is 9.47 Å². The van der Waals surface area contributed by atoms with Crippen LogP contribution in [0.15, 0.2) is 42.5 Å². The van der Waals surface area contributed by atoms with Crippen LogP contribution in [0.3, 0.4) is 0 Å². The molecule has 1 atom stereocenters. The Morgan fingerprint density at radius 1 is 1.07 bits per heavy atom. The quantitative estimate of drug-likeness (QED) is 0.712. The van der Waals surface area contributed by atoms with Crippen LogP contribution >= 0.6 is 0 Å². The molecular formula is C21H19N3O4. The number of carbonyl (C=O) groups excluding carboxylic acids is 2. The Morgan fingerprint density at radius 2 is 1.89 bits per heavy atom. The van der Waals surface area contributed by atoms with Crippen molar-refractivity contribution in [1.29, 1.82) is 0 Å². The lowest BCUT2D eigenvalue weighted by molar-refractivity contribution is -0.120. The van der Waals surface area contributed by atoms with Gasteiger partial charge in [-0.25, -0.2) is 9.69 Å². The number of fused-ring (bicyclic) bond motifs is 4. The monoisotopic (exact) mass is 377 g/mol. The van der Waals surface area contributed by atoms with E-state index in [1.165, 1.54) is 12.0 Å². The summed E-state index contributed by atoms with van der Waals surface area (Å²) in [6, 6.07) is 12.2. The van der Waals surface area contributed by atoms with E-state index in [1.807, 2.05) is 24.3 Å². The summed E-state index contributed by atoms with van der Waals surface area (Å²) in [5.41, 5.74) is 3.56. The molecule has 0 aliphatic carbocycles. The highest BCUT2D eigenvalue weighted by Crippen LogP contribution is 2.39. The number of rotatable bonds is 3. The fraction of sp³-hybridized carbons (Fsp3) is 0.238. The lowest BCUT2D eigenvalue weighted by Crippen LogP contribution is -2.39. The molecule has 3 heterocycles. The summed E-state index contributed by atoms with van der Waals surface area (Å²) < 4.78 is 10.6. The average molecular weight is 377 g/mol. The Kier molecular flexibility index (Phi) is 3.58. The van der Waals surface area contributed by atoms with E-state index in [9.17, 15) is 9.59 Å². The molecule has 0 radical (unpaired) electrons. The number of aromatic amines is 1. The maximum atomic E-state index is 13.2. The van der Waals surface area contributed by atoms with E-state index in [2.05, 4.69) is 4.98 Å². The van der Waals surface area contributed by atoms with E-state index in [1.54, 1.807) is 30.2 Å². The van der Waals surface area contributed by atoms with Crippen LogP contribution in [-0.2, 0) is 17.8 Å². The Labute approximate surface area is 161 Å². The maximum Gasteiger partial charge on any atom is 0.332 e. The zero-order valence-electron chi connectivity index (χ0n) is 15.6. The number of hydrogen-bond donors (Lipinski definition) is 1. The number of anilines is 1. The third-order valence-corrected chi connectivity index (χ3v) is 5.57. The van der Waals surface area contributed by atoms with E-state index < -0.39 is 6.04 Å². The van der Waals surface area contributed by atoms with Gasteiger partial charge in [-0.2, -0.15) is 0 Å². The lowest BCUT2D eigenvalue weighted by Gasteiger charge is -2.26. The number of amides is 3. The molecule has 142 valence electrons. The molecule has 5 rings (SSSR count). The van der Waals surface area contributed by atoms with Gasteiger partial charge in [-0.3, -0.25) is 4.79 Å². The van der Waals surface area contributed by atoms with E-state index in [-0.39, 0.29) is 11.9 Å². The molecule has 2 aliphatic heterocycles. The Hall–Kier alpha value is -3.48. The molecule has 7 heteroatoms. The minimum absolute atomic E-state index is 0.232. The first-order chi connectivity index (χ1) is 13.6. The predicted molar refractivity (Wildman–Crippen MR) is 104 cm³/mol. The van der Waals surface area contributed by atoms with Crippen LogP contribution in [0.5, 0.6) is 11.5 Å². The number of aromatic nitrogens is 1. The summed E-state index contributed by atoms with van der Waals surface area (Å²) in [6.07, 6.45) is 0.499. The third kappa shape index (κ3) is 2.22. The molecule has 3 amide bonds. The van der Waals surface area contributed by atoms with Crippen LogP contribution in [0.25, 0.3) is 10.9 Å². The lowest BCUT2D eigenvalue weighted by atomic mass is 9.97. The SMILES string of the molecule is COc1ccc(N2C(=O)[C@@H]3Cc4c([nH]c5ccccc45)CN3C2=O)c(OC)c1. The minimum atomic E-state index is -0.508. The molecule has 0 spiro atoms. The van der Waals surface area contributed by atoms with Crippen LogP contribution in [0.1, 0.15) is 11.3 Å². The second-order valence-electron chi connectivity index (χ2n) is 6.97. The number of para-hydroxylation sites is 1. The summed E-state index contributed by atoms with van der Waals surface area (Å²) in [4.78, 5) is 32.6. The topological polar surface area (TPSA) is 74.9 Å². The number of carbonyl (C=O) groups is 2. The standard InChI is InChI=1S/C21H19N3O4/c1-27-12-7-8-17(19(9-12)28-2)24-20(25)18-10-14-13-5-3-4-6-15(13)22-16(14)11-23(18)21(24)26/h3-9,18,22H,10-11H2,1-2H3/t18-/m0/s1. The molecule has 1 aromatic heterocycles. The first-order valence-electron chi connectivity index (χ1n) is 9.07. The van der Waals surface area contributed by atoms with Crippen LogP contribution in [0, 0.1) is 0 Å². The minimum Gasteiger partial charge on any atom is -0.497 e. The van der Waals surface area contributed by atoms with Crippen molar-refractivity contribution in [3.05, 3.63) is 53.7 Å². The third-order valence-electron chi connectivity index (χ3n) is 5.57. The molecule has 0 unspecified atom stereocenters. The van der Waals surface area contributed by atoms with Gasteiger partial charge in [-0.1, -0.05) is 18.2 Å². The van der Waals surface area contributed by atoms with Crippen molar-refractivity contribution in [2.45, 2.75) is 19.0 Å². The molecule has 1 N–H and O–H groups in total. The van der Waals surface area contributed by atoms with Gasteiger partial charge in [0.2, 0.25) is 0 Å². The second kappa shape index (κ2) is 6.02. The first-order valence-corrected chi connectivity index (χ1v) is 9.07. The van der Waals surface area contributed by atoms with Gasteiger partial charge in [-0.15, -0.1) is 0 Å². The number of methoxy groups -OCH3 is 2. The molecular weight excluding hydrogens is 358 g/mol. The normalized spacial score (nSPS) is 18.4. The van der Waals surface area contributed by atoms with Crippen LogP contribution < -0.4 is 14.4 Å². The van der Waals surface area contributed by atoms with Gasteiger partial charge in [0.25, 0.3) is 5.91 Å². The molecule has 0 saturated carbocycles. The number of benzene rings is 2. The van der Waals surface area contributed by atoms with Crippen molar-refractivity contribution in [3.63, 3.8) is 0 Å². The number of imide groups is 1. The Bertz CT molecular complexity index is 1120. The molecule has 3 aromatic rings. The fourth-order valence-corrected chi connectivity index (χ4v) is 4.19. The van der Waals surface area contributed by atoms with Crippen LogP contribution in [-0.4, -0.2) is 42.1 Å². The average Bonchev–Trinajstić information content (AvgIpc) is 3.21. The zero-order valence-corrected chi connectivity index (χ0v) is 15.6. The number of hydrogen-bond acceptors (Lipinski definition) is 4. The van der Waals surface area contributed by atoms with Crippen LogP contribution in [0.4, 0.5) is 10.5 Å². The number of ether oxygens (including phenoxy) is 2. The molecule has 28 heavy (non-hydrogen) atoms. The zero-order chi connectivity index (χ0) is 19.4. The molecule has 1 saturated heterocycles. The summed E-state index contributed by atoms with van der Waals surface area (Å²) in [5.74, 6) is 0.785. The highest BCUT2D eigenvalue weighted by molar-refractivity contribution is 6.22. The fourth-order valence-electron chi connectivity index (χ4n) is 4.19. The van der Waals surface area contributed by atoms with Gasteiger partial charge in [0, 0.05) is 29.1 Å². The summed E-state index contributed by atoms with van der Waals surface area (Å²) in [7, 11) is 3.06. The Balaban J connectivity index is 1.54. The van der Waals surface area contributed by atoms with Crippen molar-refractivity contribution in [3.8, 4) is 11.5 Å². The van der Waals surface area contributed by atoms with Gasteiger partial charge in [0.05, 0.1) is 26.5 Å². The van der Waals surface area contributed by atoms with Gasteiger partial charge in [0.1, 0.15) is 17.5 Å². The van der Waals surface area contributed by atoms with Gasteiger partial charge >= 0.3 is 6.03 Å². The number of nitrogens with one attached hydrogen (secondary N) is 1.